The first-order chi connectivity index (χ1) is 12.0. The fraction of sp³-hybridized carbons (Fsp3) is 0.211. The molecular formula is C19H20ClN3O2. The highest BCUT2D eigenvalue weighted by Crippen LogP contribution is 2.35. The Kier molecular flexibility index (Phi) is 5.08. The summed E-state index contributed by atoms with van der Waals surface area (Å²) < 4.78 is 0. The van der Waals surface area contributed by atoms with Gasteiger partial charge in [0, 0.05) is 40.5 Å². The number of aromatic nitrogens is 2. The molecule has 2 aromatic carbocycles. The van der Waals surface area contributed by atoms with Gasteiger partial charge in [-0.2, -0.15) is 0 Å². The second-order valence-electron chi connectivity index (χ2n) is 6.06. The zero-order chi connectivity index (χ0) is 17.9. The molecule has 130 valence electrons. The molecule has 1 heterocycles. The lowest BCUT2D eigenvalue weighted by molar-refractivity contribution is 0.0299. The number of phenolic OH excluding ortho intramolecular Hbond substituents is 1. The molecule has 6 heteroatoms. The highest BCUT2D eigenvalue weighted by molar-refractivity contribution is 6.30. The number of aliphatic hydroxyl groups is 1. The molecule has 0 radical (unpaired) electrons. The highest BCUT2D eigenvalue weighted by Gasteiger charge is 2.35. The maximum Gasteiger partial charge on any atom is 0.172 e. The number of aromatic hydroxyl groups is 1. The number of aromatic amines is 1. The lowest BCUT2D eigenvalue weighted by Gasteiger charge is -2.34. The fourth-order valence-electron chi connectivity index (χ4n) is 2.94. The van der Waals surface area contributed by atoms with Crippen LogP contribution in [0.1, 0.15) is 23.7 Å². The van der Waals surface area contributed by atoms with Crippen LogP contribution in [0.3, 0.4) is 0 Å². The van der Waals surface area contributed by atoms with Gasteiger partial charge in [0.1, 0.15) is 5.75 Å². The third kappa shape index (κ3) is 3.85. The Morgan fingerprint density at radius 2 is 2.00 bits per heavy atom. The maximum atomic E-state index is 11.5. The molecule has 0 fully saturated rings. The minimum Gasteiger partial charge on any atom is -0.507 e. The molecule has 3 aromatic rings. The second kappa shape index (κ2) is 7.27. The maximum absolute atomic E-state index is 11.5. The van der Waals surface area contributed by atoms with Gasteiger partial charge in [-0.05, 0) is 25.1 Å². The molecule has 0 aliphatic rings. The van der Waals surface area contributed by atoms with Crippen molar-refractivity contribution in [1.82, 2.24) is 15.3 Å². The number of hydrogen-bond donors (Lipinski definition) is 4. The van der Waals surface area contributed by atoms with Crippen LogP contribution < -0.4 is 5.32 Å². The van der Waals surface area contributed by atoms with Crippen molar-refractivity contribution in [3.05, 3.63) is 82.9 Å². The van der Waals surface area contributed by atoms with E-state index < -0.39 is 5.72 Å². The molecule has 3 rings (SSSR count). The fourth-order valence-corrected chi connectivity index (χ4v) is 3.11. The van der Waals surface area contributed by atoms with Gasteiger partial charge in [0.05, 0.1) is 6.33 Å². The molecule has 0 saturated heterocycles. The van der Waals surface area contributed by atoms with Gasteiger partial charge in [-0.1, -0.05) is 41.9 Å². The number of phenols is 1. The molecule has 5 nitrogen and oxygen atoms in total. The van der Waals surface area contributed by atoms with Crippen molar-refractivity contribution in [3.63, 3.8) is 0 Å². The van der Waals surface area contributed by atoms with Crippen LogP contribution >= 0.6 is 11.6 Å². The van der Waals surface area contributed by atoms with E-state index in [9.17, 15) is 10.2 Å². The van der Waals surface area contributed by atoms with Gasteiger partial charge in [-0.15, -0.1) is 0 Å². The van der Waals surface area contributed by atoms with Gasteiger partial charge in [0.15, 0.2) is 5.72 Å². The standard InChI is InChI=1S/C19H20ClN3O2/c1-13(9-16-11-21-12-22-16)23-19(25,14-5-3-2-4-6-14)17-8-7-15(20)10-18(17)24/h2-8,10-13,23-25H,9H2,1H3,(H,21,22)/t13-,19?/m1/s1. The topological polar surface area (TPSA) is 81.2 Å². The monoisotopic (exact) mass is 357 g/mol. The van der Waals surface area contributed by atoms with E-state index in [0.717, 1.165) is 5.69 Å². The number of benzene rings is 2. The van der Waals surface area contributed by atoms with Crippen LogP contribution in [0.25, 0.3) is 0 Å². The van der Waals surface area contributed by atoms with Crippen LogP contribution in [0.4, 0.5) is 0 Å². The molecule has 2 atom stereocenters. The van der Waals surface area contributed by atoms with Gasteiger partial charge in [0.25, 0.3) is 0 Å². The van der Waals surface area contributed by atoms with Crippen LogP contribution in [-0.4, -0.2) is 26.2 Å². The molecule has 0 aliphatic carbocycles. The predicted molar refractivity (Wildman–Crippen MR) is 97.4 cm³/mol. The Bertz CT molecular complexity index is 824. The Balaban J connectivity index is 1.97. The minimum absolute atomic E-state index is 0.0694. The summed E-state index contributed by atoms with van der Waals surface area (Å²) in [5.74, 6) is -0.0694. The van der Waals surface area contributed by atoms with E-state index >= 15 is 0 Å². The molecule has 1 unspecified atom stereocenters. The quantitative estimate of drug-likeness (QED) is 0.511. The third-order valence-electron chi connectivity index (χ3n) is 4.08. The zero-order valence-electron chi connectivity index (χ0n) is 13.8. The predicted octanol–water partition coefficient (Wildman–Crippen LogP) is 3.18. The Morgan fingerprint density at radius 1 is 1.24 bits per heavy atom. The summed E-state index contributed by atoms with van der Waals surface area (Å²) in [4.78, 5) is 7.06. The van der Waals surface area contributed by atoms with Gasteiger partial charge >= 0.3 is 0 Å². The average Bonchev–Trinajstić information content (AvgIpc) is 3.08. The zero-order valence-corrected chi connectivity index (χ0v) is 14.5. The van der Waals surface area contributed by atoms with E-state index in [0.29, 0.717) is 22.6 Å². The van der Waals surface area contributed by atoms with Crippen molar-refractivity contribution in [3.8, 4) is 5.75 Å². The van der Waals surface area contributed by atoms with Gasteiger partial charge < -0.3 is 15.2 Å². The molecular weight excluding hydrogens is 338 g/mol. The summed E-state index contributed by atoms with van der Waals surface area (Å²) in [5, 5.41) is 25.5. The van der Waals surface area contributed by atoms with Crippen LogP contribution in [-0.2, 0) is 12.1 Å². The van der Waals surface area contributed by atoms with E-state index in [1.54, 1.807) is 24.7 Å². The number of halogens is 1. The first-order valence-electron chi connectivity index (χ1n) is 8.01. The molecule has 0 spiro atoms. The summed E-state index contributed by atoms with van der Waals surface area (Å²) in [6.07, 6.45) is 4.01. The second-order valence-corrected chi connectivity index (χ2v) is 6.50. The van der Waals surface area contributed by atoms with Crippen molar-refractivity contribution in [2.45, 2.75) is 25.1 Å². The van der Waals surface area contributed by atoms with Crippen molar-refractivity contribution in [2.24, 2.45) is 0 Å². The molecule has 1 aromatic heterocycles. The summed E-state index contributed by atoms with van der Waals surface area (Å²) in [6, 6.07) is 13.8. The molecule has 0 aliphatic heterocycles. The van der Waals surface area contributed by atoms with E-state index in [1.165, 1.54) is 6.07 Å². The van der Waals surface area contributed by atoms with Crippen molar-refractivity contribution < 1.29 is 10.2 Å². The Hall–Kier alpha value is -2.34. The number of nitrogens with one attached hydrogen (secondary N) is 2. The molecule has 25 heavy (non-hydrogen) atoms. The summed E-state index contributed by atoms with van der Waals surface area (Å²) in [5.41, 5.74) is 0.370. The van der Waals surface area contributed by atoms with E-state index in [-0.39, 0.29) is 11.8 Å². The lowest BCUT2D eigenvalue weighted by atomic mass is 9.92. The SMILES string of the molecule is C[C@H](Cc1cnc[nH]1)NC(O)(c1ccccc1)c1ccc(Cl)cc1O. The van der Waals surface area contributed by atoms with E-state index in [4.69, 9.17) is 11.6 Å². The van der Waals surface area contributed by atoms with E-state index in [2.05, 4.69) is 15.3 Å². The average molecular weight is 358 g/mol. The van der Waals surface area contributed by atoms with Crippen molar-refractivity contribution in [1.29, 1.82) is 0 Å². The van der Waals surface area contributed by atoms with Gasteiger partial charge in [0.2, 0.25) is 0 Å². The molecule has 0 amide bonds. The first kappa shape index (κ1) is 17.5. The third-order valence-corrected chi connectivity index (χ3v) is 4.31. The van der Waals surface area contributed by atoms with Crippen LogP contribution in [0.15, 0.2) is 61.1 Å². The van der Waals surface area contributed by atoms with Gasteiger partial charge in [-0.25, -0.2) is 4.98 Å². The number of rotatable bonds is 6. The van der Waals surface area contributed by atoms with Crippen molar-refractivity contribution in [2.75, 3.05) is 0 Å². The smallest absolute Gasteiger partial charge is 0.172 e. The minimum atomic E-state index is -1.56. The molecule has 0 saturated carbocycles. The summed E-state index contributed by atoms with van der Waals surface area (Å²) >= 11 is 5.94. The molecule has 0 bridgehead atoms. The summed E-state index contributed by atoms with van der Waals surface area (Å²) in [7, 11) is 0. The normalized spacial score (nSPS) is 14.8. The van der Waals surface area contributed by atoms with Crippen LogP contribution in [0, 0.1) is 0 Å². The Morgan fingerprint density at radius 3 is 2.64 bits per heavy atom. The highest BCUT2D eigenvalue weighted by atomic mass is 35.5. The summed E-state index contributed by atoms with van der Waals surface area (Å²) in [6.45, 7) is 1.96. The number of H-pyrrole nitrogens is 1. The van der Waals surface area contributed by atoms with Gasteiger partial charge in [-0.3, -0.25) is 5.32 Å². The van der Waals surface area contributed by atoms with E-state index in [1.807, 2.05) is 37.3 Å². The number of nitrogens with zero attached hydrogens (tertiary/aromatic N) is 1. The largest absolute Gasteiger partial charge is 0.507 e. The number of hydrogen-bond acceptors (Lipinski definition) is 4. The van der Waals surface area contributed by atoms with Crippen molar-refractivity contribution >= 4 is 11.6 Å². The lowest BCUT2D eigenvalue weighted by Crippen LogP contribution is -2.48. The number of imidazole rings is 1. The molecule has 4 N–H and O–H groups in total. The van der Waals surface area contributed by atoms with Crippen LogP contribution in [0.5, 0.6) is 5.75 Å². The Labute approximate surface area is 151 Å². The van der Waals surface area contributed by atoms with Crippen LogP contribution in [0.2, 0.25) is 5.02 Å². The first-order valence-corrected chi connectivity index (χ1v) is 8.38.